The van der Waals surface area contributed by atoms with Crippen LogP contribution < -0.4 is 0 Å². The first-order valence-electron chi connectivity index (χ1n) is 4.67. The van der Waals surface area contributed by atoms with Crippen LogP contribution in [0, 0.1) is 0 Å². The third-order valence-electron chi connectivity index (χ3n) is 1.77. The SMILES string of the molecule is CCCCSc1ccc(Cl)c(C(=O)O)n1. The zero-order chi connectivity index (χ0) is 11.3. The van der Waals surface area contributed by atoms with E-state index in [4.69, 9.17) is 16.7 Å². The molecule has 0 aliphatic carbocycles. The molecule has 0 atom stereocenters. The van der Waals surface area contributed by atoms with Crippen LogP contribution in [-0.4, -0.2) is 21.8 Å². The van der Waals surface area contributed by atoms with Gasteiger partial charge in [0.2, 0.25) is 0 Å². The molecule has 1 N–H and O–H groups in total. The number of pyridine rings is 1. The minimum atomic E-state index is -1.09. The van der Waals surface area contributed by atoms with Gasteiger partial charge in [-0.25, -0.2) is 9.78 Å². The van der Waals surface area contributed by atoms with Crippen LogP contribution in [0.25, 0.3) is 0 Å². The number of aromatic carboxylic acids is 1. The summed E-state index contributed by atoms with van der Waals surface area (Å²) in [5, 5.41) is 9.70. The van der Waals surface area contributed by atoms with E-state index >= 15 is 0 Å². The number of halogens is 1. The van der Waals surface area contributed by atoms with Crippen molar-refractivity contribution in [2.75, 3.05) is 5.75 Å². The number of hydrogen-bond acceptors (Lipinski definition) is 3. The first-order chi connectivity index (χ1) is 7.15. The molecular weight excluding hydrogens is 234 g/mol. The number of carboxylic acids is 1. The molecule has 82 valence electrons. The number of aromatic nitrogens is 1. The predicted molar refractivity (Wildman–Crippen MR) is 61.8 cm³/mol. The summed E-state index contributed by atoms with van der Waals surface area (Å²) in [5.74, 6) is -0.137. The lowest BCUT2D eigenvalue weighted by molar-refractivity contribution is 0.0690. The molecule has 0 bridgehead atoms. The maximum Gasteiger partial charge on any atom is 0.356 e. The molecule has 1 aromatic rings. The highest BCUT2D eigenvalue weighted by molar-refractivity contribution is 7.99. The summed E-state index contributed by atoms with van der Waals surface area (Å²) < 4.78 is 0. The summed E-state index contributed by atoms with van der Waals surface area (Å²) in [6, 6.07) is 3.32. The van der Waals surface area contributed by atoms with Crippen LogP contribution in [0.4, 0.5) is 0 Å². The van der Waals surface area contributed by atoms with E-state index in [-0.39, 0.29) is 10.7 Å². The predicted octanol–water partition coefficient (Wildman–Crippen LogP) is 3.33. The van der Waals surface area contributed by atoms with Gasteiger partial charge in [-0.3, -0.25) is 0 Å². The first kappa shape index (κ1) is 12.3. The minimum absolute atomic E-state index is 0.0711. The summed E-state index contributed by atoms with van der Waals surface area (Å²) in [7, 11) is 0. The Labute approximate surface area is 97.9 Å². The van der Waals surface area contributed by atoms with Crippen molar-refractivity contribution in [2.45, 2.75) is 24.8 Å². The Morgan fingerprint density at radius 1 is 1.60 bits per heavy atom. The molecule has 0 saturated carbocycles. The fourth-order valence-electron chi connectivity index (χ4n) is 0.976. The van der Waals surface area contributed by atoms with Crippen LogP contribution in [0.2, 0.25) is 5.02 Å². The molecule has 0 fully saturated rings. The average molecular weight is 246 g/mol. The Balaban J connectivity index is 2.74. The molecule has 0 aromatic carbocycles. The van der Waals surface area contributed by atoms with Crippen molar-refractivity contribution in [3.8, 4) is 0 Å². The first-order valence-corrected chi connectivity index (χ1v) is 6.04. The van der Waals surface area contributed by atoms with Gasteiger partial charge >= 0.3 is 5.97 Å². The maximum atomic E-state index is 10.7. The quantitative estimate of drug-likeness (QED) is 0.639. The van der Waals surface area contributed by atoms with E-state index in [9.17, 15) is 4.79 Å². The number of unbranched alkanes of at least 4 members (excludes halogenated alkanes) is 1. The molecule has 0 aliphatic heterocycles. The Hall–Kier alpha value is -0.740. The zero-order valence-electron chi connectivity index (χ0n) is 8.36. The maximum absolute atomic E-state index is 10.7. The smallest absolute Gasteiger partial charge is 0.356 e. The van der Waals surface area contributed by atoms with Crippen molar-refractivity contribution in [1.29, 1.82) is 0 Å². The van der Waals surface area contributed by atoms with Crippen molar-refractivity contribution in [3.05, 3.63) is 22.8 Å². The van der Waals surface area contributed by atoms with Crippen molar-refractivity contribution >= 4 is 29.3 Å². The van der Waals surface area contributed by atoms with Crippen LogP contribution in [0.5, 0.6) is 0 Å². The summed E-state index contributed by atoms with van der Waals surface area (Å²) in [6.07, 6.45) is 2.21. The van der Waals surface area contributed by atoms with E-state index in [1.807, 2.05) is 0 Å². The van der Waals surface area contributed by atoms with Crippen molar-refractivity contribution < 1.29 is 9.90 Å². The molecule has 3 nitrogen and oxygen atoms in total. The van der Waals surface area contributed by atoms with Crippen LogP contribution in [-0.2, 0) is 0 Å². The fourth-order valence-corrected chi connectivity index (χ4v) is 2.12. The summed E-state index contributed by atoms with van der Waals surface area (Å²) >= 11 is 7.25. The second kappa shape index (κ2) is 5.98. The van der Waals surface area contributed by atoms with E-state index in [2.05, 4.69) is 11.9 Å². The summed E-state index contributed by atoms with van der Waals surface area (Å²) in [4.78, 5) is 14.7. The van der Waals surface area contributed by atoms with Gasteiger partial charge in [0.15, 0.2) is 5.69 Å². The molecule has 0 saturated heterocycles. The van der Waals surface area contributed by atoms with E-state index in [1.54, 1.807) is 23.9 Å². The van der Waals surface area contributed by atoms with E-state index in [1.165, 1.54) is 0 Å². The largest absolute Gasteiger partial charge is 0.476 e. The summed E-state index contributed by atoms with van der Waals surface area (Å²) in [6.45, 7) is 2.11. The molecular formula is C10H12ClNO2S. The lowest BCUT2D eigenvalue weighted by atomic mass is 10.3. The molecule has 1 aromatic heterocycles. The number of nitrogens with zero attached hydrogens (tertiary/aromatic N) is 1. The van der Waals surface area contributed by atoms with Crippen LogP contribution in [0.15, 0.2) is 17.2 Å². The fraction of sp³-hybridized carbons (Fsp3) is 0.400. The van der Waals surface area contributed by atoms with Crippen LogP contribution in [0.1, 0.15) is 30.3 Å². The molecule has 1 rings (SSSR count). The van der Waals surface area contributed by atoms with Gasteiger partial charge in [-0.2, -0.15) is 0 Å². The minimum Gasteiger partial charge on any atom is -0.476 e. The molecule has 0 unspecified atom stereocenters. The van der Waals surface area contributed by atoms with Crippen LogP contribution in [0.3, 0.4) is 0 Å². The molecule has 15 heavy (non-hydrogen) atoms. The molecule has 5 heteroatoms. The van der Waals surface area contributed by atoms with Crippen LogP contribution >= 0.6 is 23.4 Å². The van der Waals surface area contributed by atoms with Gasteiger partial charge < -0.3 is 5.11 Å². The number of carbonyl (C=O) groups is 1. The zero-order valence-corrected chi connectivity index (χ0v) is 9.94. The number of thioether (sulfide) groups is 1. The van der Waals surface area contributed by atoms with E-state index in [0.717, 1.165) is 18.6 Å². The molecule has 0 amide bonds. The Kier molecular flexibility index (Phi) is 4.91. The van der Waals surface area contributed by atoms with Gasteiger partial charge in [0, 0.05) is 0 Å². The average Bonchev–Trinajstić information content (AvgIpc) is 2.20. The highest BCUT2D eigenvalue weighted by Crippen LogP contribution is 2.21. The molecule has 0 radical (unpaired) electrons. The number of rotatable bonds is 5. The molecule has 0 spiro atoms. The van der Waals surface area contributed by atoms with E-state index in [0.29, 0.717) is 5.03 Å². The molecule has 1 heterocycles. The lowest BCUT2D eigenvalue weighted by Crippen LogP contribution is -2.02. The van der Waals surface area contributed by atoms with Gasteiger partial charge in [0.25, 0.3) is 0 Å². The third-order valence-corrected chi connectivity index (χ3v) is 3.09. The molecule has 0 aliphatic rings. The van der Waals surface area contributed by atoms with Gasteiger partial charge in [-0.15, -0.1) is 11.8 Å². The number of hydrogen-bond donors (Lipinski definition) is 1. The standard InChI is InChI=1S/C10H12ClNO2S/c1-2-3-6-15-8-5-4-7(11)9(12-8)10(13)14/h4-5H,2-3,6H2,1H3,(H,13,14). The lowest BCUT2D eigenvalue weighted by Gasteiger charge is -2.02. The Morgan fingerprint density at radius 3 is 2.93 bits per heavy atom. The van der Waals surface area contributed by atoms with Gasteiger partial charge in [0.05, 0.1) is 10.0 Å². The normalized spacial score (nSPS) is 10.3. The number of carboxylic acid groups (broad SMARTS) is 1. The Morgan fingerprint density at radius 2 is 2.33 bits per heavy atom. The Bertz CT molecular complexity index is 357. The highest BCUT2D eigenvalue weighted by atomic mass is 35.5. The third kappa shape index (κ3) is 3.72. The monoisotopic (exact) mass is 245 g/mol. The highest BCUT2D eigenvalue weighted by Gasteiger charge is 2.11. The second-order valence-electron chi connectivity index (χ2n) is 2.99. The van der Waals surface area contributed by atoms with Crippen molar-refractivity contribution in [1.82, 2.24) is 4.98 Å². The van der Waals surface area contributed by atoms with Gasteiger partial charge in [-0.1, -0.05) is 24.9 Å². The topological polar surface area (TPSA) is 50.2 Å². The van der Waals surface area contributed by atoms with Crippen molar-refractivity contribution in [2.24, 2.45) is 0 Å². The van der Waals surface area contributed by atoms with Gasteiger partial charge in [0.1, 0.15) is 0 Å². The summed E-state index contributed by atoms with van der Waals surface area (Å²) in [5.41, 5.74) is -0.0711. The van der Waals surface area contributed by atoms with Gasteiger partial charge in [-0.05, 0) is 24.3 Å². The second-order valence-corrected chi connectivity index (χ2v) is 4.51. The van der Waals surface area contributed by atoms with Crippen molar-refractivity contribution in [3.63, 3.8) is 0 Å². The van der Waals surface area contributed by atoms with E-state index < -0.39 is 5.97 Å².